The number of amides is 2. The van der Waals surface area contributed by atoms with Crippen molar-refractivity contribution in [3.63, 3.8) is 0 Å². The van der Waals surface area contributed by atoms with Gasteiger partial charge in [0, 0.05) is 44.7 Å². The van der Waals surface area contributed by atoms with Crippen LogP contribution < -0.4 is 0 Å². The number of carbonyl (C=O) groups is 2. The lowest BCUT2D eigenvalue weighted by molar-refractivity contribution is -0.146. The van der Waals surface area contributed by atoms with Gasteiger partial charge in [0.15, 0.2) is 0 Å². The van der Waals surface area contributed by atoms with Gasteiger partial charge in [0.25, 0.3) is 0 Å². The van der Waals surface area contributed by atoms with Crippen molar-refractivity contribution in [2.45, 2.75) is 77.4 Å². The minimum atomic E-state index is -0.0274. The Hall–Kier alpha value is -1.10. The first-order valence-corrected chi connectivity index (χ1v) is 10.8. The number of rotatable bonds is 3. The molecule has 3 heterocycles. The second kappa shape index (κ2) is 7.14. The minimum Gasteiger partial charge on any atom is -0.341 e. The van der Waals surface area contributed by atoms with E-state index in [1.807, 2.05) is 0 Å². The maximum absolute atomic E-state index is 13.1. The van der Waals surface area contributed by atoms with Gasteiger partial charge in [-0.05, 0) is 56.8 Å². The average Bonchev–Trinajstić information content (AvgIpc) is 3.44. The normalized spacial score (nSPS) is 37.4. The fourth-order valence-corrected chi connectivity index (χ4v) is 5.76. The Morgan fingerprint density at radius 3 is 2.38 bits per heavy atom. The molecule has 5 atom stereocenters. The molecule has 2 amide bonds. The molecule has 0 aromatic rings. The van der Waals surface area contributed by atoms with Crippen LogP contribution in [0.2, 0.25) is 0 Å². The summed E-state index contributed by atoms with van der Waals surface area (Å²) in [5.41, 5.74) is 0. The molecule has 0 aromatic carbocycles. The molecular weight excluding hydrogens is 326 g/mol. The first-order valence-electron chi connectivity index (χ1n) is 10.8. The van der Waals surface area contributed by atoms with Crippen LogP contribution in [-0.2, 0) is 9.59 Å². The van der Waals surface area contributed by atoms with Crippen molar-refractivity contribution in [2.75, 3.05) is 26.2 Å². The lowest BCUT2D eigenvalue weighted by Gasteiger charge is -2.49. The van der Waals surface area contributed by atoms with Gasteiger partial charge >= 0.3 is 0 Å². The van der Waals surface area contributed by atoms with Gasteiger partial charge in [0.1, 0.15) is 0 Å². The molecule has 0 radical (unpaired) electrons. The van der Waals surface area contributed by atoms with Crippen LogP contribution in [0.15, 0.2) is 0 Å². The second-order valence-electron chi connectivity index (χ2n) is 9.55. The second-order valence-corrected chi connectivity index (χ2v) is 9.55. The number of piperidine rings is 3. The monoisotopic (exact) mass is 361 g/mol. The molecule has 4 fully saturated rings. The Bertz CT molecular complexity index is 551. The Balaban J connectivity index is 1.38. The highest BCUT2D eigenvalue weighted by molar-refractivity contribution is 5.81. The molecule has 3 aliphatic heterocycles. The van der Waals surface area contributed by atoms with Gasteiger partial charge in [-0.2, -0.15) is 0 Å². The first-order chi connectivity index (χ1) is 12.4. The van der Waals surface area contributed by atoms with Crippen LogP contribution in [0.5, 0.6) is 0 Å². The van der Waals surface area contributed by atoms with Crippen LogP contribution in [0.3, 0.4) is 0 Å². The van der Waals surface area contributed by atoms with Crippen molar-refractivity contribution in [3.05, 3.63) is 0 Å². The van der Waals surface area contributed by atoms with Gasteiger partial charge in [-0.25, -0.2) is 0 Å². The van der Waals surface area contributed by atoms with E-state index in [1.54, 1.807) is 0 Å². The third-order valence-corrected chi connectivity index (χ3v) is 7.13. The van der Waals surface area contributed by atoms with Gasteiger partial charge in [-0.15, -0.1) is 0 Å². The van der Waals surface area contributed by atoms with Crippen molar-refractivity contribution in [2.24, 2.45) is 17.8 Å². The Morgan fingerprint density at radius 1 is 1.04 bits per heavy atom. The molecule has 0 spiro atoms. The highest BCUT2D eigenvalue weighted by Crippen LogP contribution is 2.39. The number of fused-ring (bicyclic) bond motifs is 1. The number of likely N-dealkylation sites (tertiary alicyclic amines) is 3. The van der Waals surface area contributed by atoms with E-state index in [4.69, 9.17) is 0 Å². The molecule has 5 nitrogen and oxygen atoms in total. The highest BCUT2D eigenvalue weighted by Gasteiger charge is 2.46. The van der Waals surface area contributed by atoms with Crippen LogP contribution in [0.25, 0.3) is 0 Å². The molecule has 1 aliphatic carbocycles. The Morgan fingerprint density at radius 2 is 1.73 bits per heavy atom. The van der Waals surface area contributed by atoms with Crippen molar-refractivity contribution in [1.29, 1.82) is 0 Å². The van der Waals surface area contributed by atoms with E-state index in [1.165, 1.54) is 19.3 Å². The molecule has 146 valence electrons. The van der Waals surface area contributed by atoms with E-state index in [9.17, 15) is 9.59 Å². The van der Waals surface area contributed by atoms with Gasteiger partial charge < -0.3 is 9.80 Å². The van der Waals surface area contributed by atoms with E-state index in [0.29, 0.717) is 48.1 Å². The molecule has 3 saturated heterocycles. The molecule has 0 aromatic heterocycles. The number of hydrogen-bond acceptors (Lipinski definition) is 3. The Kier molecular flexibility index (Phi) is 5.02. The summed E-state index contributed by atoms with van der Waals surface area (Å²) in [6, 6.07) is 0.926. The zero-order valence-corrected chi connectivity index (χ0v) is 16.7. The van der Waals surface area contributed by atoms with Crippen molar-refractivity contribution in [1.82, 2.24) is 14.7 Å². The summed E-state index contributed by atoms with van der Waals surface area (Å²) in [5.74, 6) is 2.46. The third kappa shape index (κ3) is 3.51. The lowest BCUT2D eigenvalue weighted by atomic mass is 9.82. The highest BCUT2D eigenvalue weighted by atomic mass is 16.2. The molecule has 0 unspecified atom stereocenters. The quantitative estimate of drug-likeness (QED) is 0.775. The largest absolute Gasteiger partial charge is 0.341 e. The molecule has 4 aliphatic rings. The SMILES string of the molecule is C[C@@H]1C[C@H](C)CN(C(=O)[C@H](C)N2CC[C@@H]3[C@@H](CCC(=O)N3C3CC3)C2)C1. The third-order valence-electron chi connectivity index (χ3n) is 7.13. The summed E-state index contributed by atoms with van der Waals surface area (Å²) in [4.78, 5) is 32.2. The predicted octanol–water partition coefficient (Wildman–Crippen LogP) is 2.35. The maximum Gasteiger partial charge on any atom is 0.239 e. The zero-order valence-electron chi connectivity index (χ0n) is 16.7. The molecule has 1 saturated carbocycles. The molecule has 4 rings (SSSR count). The van der Waals surface area contributed by atoms with Crippen molar-refractivity contribution in [3.8, 4) is 0 Å². The molecule has 0 bridgehead atoms. The van der Waals surface area contributed by atoms with Crippen LogP contribution in [-0.4, -0.2) is 70.8 Å². The summed E-state index contributed by atoms with van der Waals surface area (Å²) in [7, 11) is 0. The molecular formula is C21H35N3O2. The number of carbonyl (C=O) groups excluding carboxylic acids is 2. The van der Waals surface area contributed by atoms with Gasteiger partial charge in [0.05, 0.1) is 6.04 Å². The van der Waals surface area contributed by atoms with Crippen LogP contribution in [0.4, 0.5) is 0 Å². The zero-order chi connectivity index (χ0) is 18.4. The first kappa shape index (κ1) is 18.3. The van der Waals surface area contributed by atoms with Gasteiger partial charge in [0.2, 0.25) is 11.8 Å². The van der Waals surface area contributed by atoms with E-state index in [0.717, 1.165) is 39.0 Å². The summed E-state index contributed by atoms with van der Waals surface area (Å²) >= 11 is 0. The number of hydrogen-bond donors (Lipinski definition) is 0. The number of nitrogens with zero attached hydrogens (tertiary/aromatic N) is 3. The van der Waals surface area contributed by atoms with Crippen molar-refractivity contribution < 1.29 is 9.59 Å². The van der Waals surface area contributed by atoms with E-state index in [-0.39, 0.29) is 6.04 Å². The average molecular weight is 362 g/mol. The van der Waals surface area contributed by atoms with Gasteiger partial charge in [-0.3, -0.25) is 14.5 Å². The molecule has 5 heteroatoms. The van der Waals surface area contributed by atoms with E-state index < -0.39 is 0 Å². The molecule has 0 N–H and O–H groups in total. The topological polar surface area (TPSA) is 43.9 Å². The van der Waals surface area contributed by atoms with Crippen LogP contribution >= 0.6 is 0 Å². The predicted molar refractivity (Wildman–Crippen MR) is 102 cm³/mol. The summed E-state index contributed by atoms with van der Waals surface area (Å²) in [6.45, 7) is 10.4. The van der Waals surface area contributed by atoms with Crippen LogP contribution in [0, 0.1) is 17.8 Å². The van der Waals surface area contributed by atoms with Crippen LogP contribution in [0.1, 0.15) is 59.3 Å². The maximum atomic E-state index is 13.1. The van der Waals surface area contributed by atoms with Crippen molar-refractivity contribution >= 4 is 11.8 Å². The molecule has 26 heavy (non-hydrogen) atoms. The fourth-order valence-electron chi connectivity index (χ4n) is 5.76. The van der Waals surface area contributed by atoms with E-state index in [2.05, 4.69) is 35.5 Å². The summed E-state index contributed by atoms with van der Waals surface area (Å²) < 4.78 is 0. The summed E-state index contributed by atoms with van der Waals surface area (Å²) in [6.07, 6.45) is 6.36. The fraction of sp³-hybridized carbons (Fsp3) is 0.905. The minimum absolute atomic E-state index is 0.0274. The van der Waals surface area contributed by atoms with E-state index >= 15 is 0 Å². The van der Waals surface area contributed by atoms with Gasteiger partial charge in [-0.1, -0.05) is 13.8 Å². The Labute approximate surface area is 158 Å². The summed E-state index contributed by atoms with van der Waals surface area (Å²) in [5, 5.41) is 0. The standard InChI is InChI=1S/C21H35N3O2/c1-14-10-15(2)12-23(11-14)21(26)16(3)22-9-8-19-17(13-22)4-7-20(25)24(19)18-5-6-18/h14-19H,4-13H2,1-3H3/t14-,15+,16-,17-,19+/m0/s1. The smallest absolute Gasteiger partial charge is 0.239 e. The lowest BCUT2D eigenvalue weighted by Crippen LogP contribution is -2.60.